The highest BCUT2D eigenvalue weighted by atomic mass is 35.5. The summed E-state index contributed by atoms with van der Waals surface area (Å²) in [5.74, 6) is -0.907. The summed E-state index contributed by atoms with van der Waals surface area (Å²) in [5, 5.41) is 12.5. The summed E-state index contributed by atoms with van der Waals surface area (Å²) in [6, 6.07) is 12.7. The number of amides is 2. The lowest BCUT2D eigenvalue weighted by Crippen LogP contribution is -2.45. The minimum absolute atomic E-state index is 0.103. The third-order valence-electron chi connectivity index (χ3n) is 7.07. The Balaban J connectivity index is 1.74. The number of nitrogens with zero attached hydrogens (tertiary/aromatic N) is 1. The average molecular weight is 514 g/mol. The van der Waals surface area contributed by atoms with Crippen molar-refractivity contribution in [3.63, 3.8) is 0 Å². The van der Waals surface area contributed by atoms with Gasteiger partial charge in [-0.2, -0.15) is 0 Å². The third kappa shape index (κ3) is 7.55. The quantitative estimate of drug-likeness (QED) is 0.377. The number of hydrogen-bond donors (Lipinski definition) is 3. The second-order valence-corrected chi connectivity index (χ2v) is 11.1. The molecule has 0 spiro atoms. The van der Waals surface area contributed by atoms with Gasteiger partial charge in [0, 0.05) is 35.3 Å². The van der Waals surface area contributed by atoms with Crippen LogP contribution >= 0.6 is 11.6 Å². The molecular formula is C28H36ClN3O4. The van der Waals surface area contributed by atoms with Crippen LogP contribution in [0.15, 0.2) is 48.5 Å². The molecular weight excluding hydrogens is 478 g/mol. The molecule has 0 aliphatic heterocycles. The number of carboxylic acids is 1. The fourth-order valence-corrected chi connectivity index (χ4v) is 4.87. The molecule has 3 rings (SSSR count). The summed E-state index contributed by atoms with van der Waals surface area (Å²) >= 11 is 5.99. The van der Waals surface area contributed by atoms with Crippen LogP contribution in [0.3, 0.4) is 0 Å². The maximum atomic E-state index is 13.4. The number of hydrogen-bond acceptors (Lipinski definition) is 4. The first-order chi connectivity index (χ1) is 16.9. The number of rotatable bonds is 8. The zero-order valence-electron chi connectivity index (χ0n) is 21.2. The van der Waals surface area contributed by atoms with E-state index in [1.54, 1.807) is 36.4 Å². The number of anilines is 1. The van der Waals surface area contributed by atoms with Gasteiger partial charge in [-0.05, 0) is 66.8 Å². The largest absolute Gasteiger partial charge is 0.480 e. The van der Waals surface area contributed by atoms with Gasteiger partial charge in [0.25, 0.3) is 0 Å². The van der Waals surface area contributed by atoms with Crippen molar-refractivity contribution >= 4 is 35.1 Å². The van der Waals surface area contributed by atoms with Crippen molar-refractivity contribution in [3.8, 4) is 0 Å². The minimum Gasteiger partial charge on any atom is -0.480 e. The Labute approximate surface area is 218 Å². The first-order valence-electron chi connectivity index (χ1n) is 12.4. The number of halogens is 1. The monoisotopic (exact) mass is 513 g/mol. The van der Waals surface area contributed by atoms with E-state index < -0.39 is 12.0 Å². The molecule has 36 heavy (non-hydrogen) atoms. The van der Waals surface area contributed by atoms with E-state index in [1.807, 2.05) is 17.0 Å². The summed E-state index contributed by atoms with van der Waals surface area (Å²) in [6.45, 7) is 7.22. The molecule has 2 aromatic carbocycles. The van der Waals surface area contributed by atoms with Crippen molar-refractivity contribution in [1.29, 1.82) is 0 Å². The molecule has 0 heterocycles. The number of nitrogens with one attached hydrogen (secondary N) is 1. The average Bonchev–Trinajstić information content (AvgIpc) is 2.83. The summed E-state index contributed by atoms with van der Waals surface area (Å²) in [5.41, 5.74) is 7.70. The van der Waals surface area contributed by atoms with Crippen LogP contribution in [0, 0.1) is 11.3 Å². The zero-order chi connectivity index (χ0) is 26.5. The van der Waals surface area contributed by atoms with Gasteiger partial charge in [-0.1, -0.05) is 56.6 Å². The maximum Gasteiger partial charge on any atom is 0.322 e. The highest BCUT2D eigenvalue weighted by molar-refractivity contribution is 6.30. The van der Waals surface area contributed by atoms with E-state index in [1.165, 1.54) is 0 Å². The van der Waals surface area contributed by atoms with Crippen LogP contribution in [0.5, 0.6) is 0 Å². The summed E-state index contributed by atoms with van der Waals surface area (Å²) < 4.78 is 0. The molecule has 1 aliphatic rings. The molecule has 4 N–H and O–H groups in total. The Bertz CT molecular complexity index is 1060. The second kappa shape index (κ2) is 11.9. The normalized spacial score (nSPS) is 18.8. The minimum atomic E-state index is -1.23. The van der Waals surface area contributed by atoms with Gasteiger partial charge >= 0.3 is 12.0 Å². The number of carbonyl (C=O) groups excluding carboxylic acids is 2. The predicted molar refractivity (Wildman–Crippen MR) is 142 cm³/mol. The number of nitrogens with two attached hydrogens (primary N) is 1. The number of carboxylic acid groups (broad SMARTS) is 1. The van der Waals surface area contributed by atoms with E-state index in [4.69, 9.17) is 22.4 Å². The SMILES string of the molecule is CC(C)(C)C1CCC(N(Cc2ccc(C(=O)CC(N)C(=O)O)cc2)C(=O)Nc2ccc(Cl)cc2)CC1. The van der Waals surface area contributed by atoms with E-state index >= 15 is 0 Å². The molecule has 0 bridgehead atoms. The summed E-state index contributed by atoms with van der Waals surface area (Å²) in [6.07, 6.45) is 3.73. The van der Waals surface area contributed by atoms with Gasteiger partial charge in [0.2, 0.25) is 0 Å². The fraction of sp³-hybridized carbons (Fsp3) is 0.464. The smallest absolute Gasteiger partial charge is 0.322 e. The van der Waals surface area contributed by atoms with Gasteiger partial charge in [0.1, 0.15) is 6.04 Å². The summed E-state index contributed by atoms with van der Waals surface area (Å²) in [7, 11) is 0. The summed E-state index contributed by atoms with van der Waals surface area (Å²) in [4.78, 5) is 38.6. The van der Waals surface area contributed by atoms with E-state index in [9.17, 15) is 14.4 Å². The number of carbonyl (C=O) groups is 3. The first-order valence-corrected chi connectivity index (χ1v) is 12.8. The molecule has 1 aliphatic carbocycles. The zero-order valence-corrected chi connectivity index (χ0v) is 21.9. The lowest BCUT2D eigenvalue weighted by Gasteiger charge is -2.41. The number of ketones is 1. The highest BCUT2D eigenvalue weighted by Crippen LogP contribution is 2.39. The van der Waals surface area contributed by atoms with Crippen molar-refractivity contribution in [2.75, 3.05) is 5.32 Å². The lowest BCUT2D eigenvalue weighted by atomic mass is 9.71. The predicted octanol–water partition coefficient (Wildman–Crippen LogP) is 5.96. The van der Waals surface area contributed by atoms with Crippen molar-refractivity contribution in [1.82, 2.24) is 4.90 Å². The number of urea groups is 1. The molecule has 194 valence electrons. The molecule has 0 radical (unpaired) electrons. The molecule has 0 saturated heterocycles. The van der Waals surface area contributed by atoms with Crippen LogP contribution in [0.2, 0.25) is 5.02 Å². The lowest BCUT2D eigenvalue weighted by molar-refractivity contribution is -0.138. The van der Waals surface area contributed by atoms with Crippen molar-refractivity contribution in [2.24, 2.45) is 17.1 Å². The Hall–Kier alpha value is -2.90. The number of aliphatic carboxylic acids is 1. The van der Waals surface area contributed by atoms with Crippen LogP contribution in [0.1, 0.15) is 68.8 Å². The second-order valence-electron chi connectivity index (χ2n) is 10.7. The molecule has 1 saturated carbocycles. The number of Topliss-reactive ketones (excluding diaryl/α,β-unsaturated/α-hetero) is 1. The molecule has 2 aromatic rings. The van der Waals surface area contributed by atoms with Gasteiger partial charge in [0.15, 0.2) is 5.78 Å². The molecule has 0 aromatic heterocycles. The Kier molecular flexibility index (Phi) is 9.14. The van der Waals surface area contributed by atoms with Gasteiger partial charge in [-0.25, -0.2) is 4.79 Å². The Morgan fingerprint density at radius 2 is 1.61 bits per heavy atom. The van der Waals surface area contributed by atoms with Crippen molar-refractivity contribution in [3.05, 3.63) is 64.7 Å². The van der Waals surface area contributed by atoms with E-state index in [0.29, 0.717) is 28.7 Å². The molecule has 1 unspecified atom stereocenters. The van der Waals surface area contributed by atoms with Crippen LogP contribution in [-0.2, 0) is 11.3 Å². The Morgan fingerprint density at radius 3 is 2.14 bits per heavy atom. The van der Waals surface area contributed by atoms with E-state index in [0.717, 1.165) is 31.2 Å². The van der Waals surface area contributed by atoms with Crippen molar-refractivity contribution < 1.29 is 19.5 Å². The van der Waals surface area contributed by atoms with Gasteiger partial charge in [-0.15, -0.1) is 0 Å². The van der Waals surface area contributed by atoms with Crippen LogP contribution < -0.4 is 11.1 Å². The van der Waals surface area contributed by atoms with Crippen LogP contribution in [0.25, 0.3) is 0 Å². The Morgan fingerprint density at radius 1 is 1.03 bits per heavy atom. The van der Waals surface area contributed by atoms with Crippen LogP contribution in [0.4, 0.5) is 10.5 Å². The van der Waals surface area contributed by atoms with Crippen LogP contribution in [-0.4, -0.2) is 39.9 Å². The topological polar surface area (TPSA) is 113 Å². The van der Waals surface area contributed by atoms with E-state index in [-0.39, 0.29) is 29.7 Å². The van der Waals surface area contributed by atoms with Crippen molar-refractivity contribution in [2.45, 2.75) is 71.5 Å². The first kappa shape index (κ1) is 27.7. The molecule has 1 fully saturated rings. The number of benzene rings is 2. The van der Waals surface area contributed by atoms with Gasteiger partial charge in [0.05, 0.1) is 0 Å². The van der Waals surface area contributed by atoms with E-state index in [2.05, 4.69) is 26.1 Å². The fourth-order valence-electron chi connectivity index (χ4n) is 4.75. The molecule has 2 amide bonds. The highest BCUT2D eigenvalue weighted by Gasteiger charge is 2.33. The van der Waals surface area contributed by atoms with Gasteiger partial charge < -0.3 is 21.1 Å². The maximum absolute atomic E-state index is 13.4. The molecule has 8 heteroatoms. The standard InChI is InChI=1S/C28H36ClN3O4/c1-28(2,3)20-8-14-23(15-9-20)32(27(36)31-22-12-10-21(29)11-13-22)17-18-4-6-19(7-5-18)25(33)16-24(30)26(34)35/h4-7,10-13,20,23-24H,8-9,14-17,30H2,1-3H3,(H,31,36)(H,34,35). The third-order valence-corrected chi connectivity index (χ3v) is 7.32. The van der Waals surface area contributed by atoms with Gasteiger partial charge in [-0.3, -0.25) is 9.59 Å². The molecule has 1 atom stereocenters. The molecule has 7 nitrogen and oxygen atoms in total.